The third-order valence-corrected chi connectivity index (χ3v) is 2.41. The summed E-state index contributed by atoms with van der Waals surface area (Å²) in [6.07, 6.45) is 6.89. The fourth-order valence-corrected chi connectivity index (χ4v) is 1.59. The molecule has 0 atom stereocenters. The predicted molar refractivity (Wildman–Crippen MR) is 68.7 cm³/mol. The molecule has 1 aromatic carbocycles. The van der Waals surface area contributed by atoms with E-state index in [1.54, 1.807) is 18.2 Å². The molecule has 17 heavy (non-hydrogen) atoms. The van der Waals surface area contributed by atoms with Crippen molar-refractivity contribution in [2.24, 2.45) is 0 Å². The van der Waals surface area contributed by atoms with Crippen molar-refractivity contribution >= 4 is 11.4 Å². The molecule has 0 spiro atoms. The maximum Gasteiger partial charge on any atom is 0.269 e. The summed E-state index contributed by atoms with van der Waals surface area (Å²) in [5.74, 6) is 2.47. The van der Waals surface area contributed by atoms with E-state index < -0.39 is 4.92 Å². The monoisotopic (exact) mass is 230 g/mol. The van der Waals surface area contributed by atoms with Crippen molar-refractivity contribution in [1.29, 1.82) is 0 Å². The molecule has 0 amide bonds. The second kappa shape index (κ2) is 5.71. The molecule has 0 aliphatic heterocycles. The molecular weight excluding hydrogens is 216 g/mol. The highest BCUT2D eigenvalue weighted by Crippen LogP contribution is 2.22. The van der Waals surface area contributed by atoms with Crippen LogP contribution >= 0.6 is 0 Å². The van der Waals surface area contributed by atoms with Crippen LogP contribution < -0.4 is 4.90 Å². The van der Waals surface area contributed by atoms with Crippen LogP contribution in [0.1, 0.15) is 13.8 Å². The molecule has 88 valence electrons. The average molecular weight is 230 g/mol. The average Bonchev–Trinajstić information content (AvgIpc) is 2.31. The minimum atomic E-state index is -0.412. The normalized spacial score (nSPS) is 10.8. The molecule has 0 heterocycles. The number of nitro groups is 1. The van der Waals surface area contributed by atoms with Gasteiger partial charge in [-0.1, -0.05) is 5.92 Å². The van der Waals surface area contributed by atoms with Gasteiger partial charge in [0.15, 0.2) is 0 Å². The summed E-state index contributed by atoms with van der Waals surface area (Å²) in [6, 6.07) is 6.41. The van der Waals surface area contributed by atoms with E-state index in [1.165, 1.54) is 12.1 Å². The number of hydrogen-bond donors (Lipinski definition) is 0. The first-order valence-electron chi connectivity index (χ1n) is 5.25. The predicted octanol–water partition coefficient (Wildman–Crippen LogP) is 2.96. The molecule has 0 saturated heterocycles. The van der Waals surface area contributed by atoms with E-state index in [0.29, 0.717) is 0 Å². The maximum atomic E-state index is 10.5. The summed E-state index contributed by atoms with van der Waals surface area (Å²) < 4.78 is 0. The molecular formula is C13H14N2O2. The Hall–Kier alpha value is -2.28. The van der Waals surface area contributed by atoms with Gasteiger partial charge in [0.2, 0.25) is 0 Å². The van der Waals surface area contributed by atoms with Crippen molar-refractivity contribution in [2.45, 2.75) is 13.8 Å². The van der Waals surface area contributed by atoms with Crippen LogP contribution in [-0.4, -0.2) is 11.5 Å². The first-order valence-corrected chi connectivity index (χ1v) is 5.25. The Morgan fingerprint density at radius 3 is 2.53 bits per heavy atom. The smallest absolute Gasteiger partial charge is 0.269 e. The largest absolute Gasteiger partial charge is 0.345 e. The zero-order chi connectivity index (χ0) is 12.8. The van der Waals surface area contributed by atoms with Crippen LogP contribution in [0.3, 0.4) is 0 Å². The molecule has 0 unspecified atom stereocenters. The fraction of sp³-hybridized carbons (Fsp3) is 0.231. The molecule has 1 aromatic rings. The van der Waals surface area contributed by atoms with Gasteiger partial charge in [-0.2, -0.15) is 0 Å². The van der Waals surface area contributed by atoms with Gasteiger partial charge in [0.25, 0.3) is 5.69 Å². The SMILES string of the molecule is C#C/C=C(/C)N(CC)c1ccc([N+](=O)[O-])cc1. The Kier molecular flexibility index (Phi) is 4.29. The third kappa shape index (κ3) is 3.08. The summed E-state index contributed by atoms with van der Waals surface area (Å²) in [5.41, 5.74) is 1.91. The van der Waals surface area contributed by atoms with Crippen LogP contribution in [-0.2, 0) is 0 Å². The molecule has 4 heteroatoms. The van der Waals surface area contributed by atoms with Crippen molar-refractivity contribution < 1.29 is 4.92 Å². The van der Waals surface area contributed by atoms with Crippen molar-refractivity contribution in [3.63, 3.8) is 0 Å². The summed E-state index contributed by atoms with van der Waals surface area (Å²) in [6.45, 7) is 4.65. The van der Waals surface area contributed by atoms with E-state index in [9.17, 15) is 10.1 Å². The Morgan fingerprint density at radius 2 is 2.12 bits per heavy atom. The fourth-order valence-electron chi connectivity index (χ4n) is 1.59. The molecule has 0 aliphatic rings. The molecule has 0 fully saturated rings. The summed E-state index contributed by atoms with van der Waals surface area (Å²) in [4.78, 5) is 12.1. The lowest BCUT2D eigenvalue weighted by Crippen LogP contribution is -2.19. The maximum absolute atomic E-state index is 10.5. The minimum Gasteiger partial charge on any atom is -0.345 e. The topological polar surface area (TPSA) is 46.4 Å². The van der Waals surface area contributed by atoms with E-state index in [2.05, 4.69) is 5.92 Å². The van der Waals surface area contributed by atoms with Crippen LogP contribution in [0.2, 0.25) is 0 Å². The Labute approximate surface area is 101 Å². The van der Waals surface area contributed by atoms with Crippen LogP contribution in [0, 0.1) is 22.5 Å². The lowest BCUT2D eigenvalue weighted by molar-refractivity contribution is -0.384. The summed E-state index contributed by atoms with van der Waals surface area (Å²) in [5, 5.41) is 10.5. The van der Waals surface area contributed by atoms with E-state index in [0.717, 1.165) is 17.9 Å². The van der Waals surface area contributed by atoms with Crippen molar-refractivity contribution in [2.75, 3.05) is 11.4 Å². The van der Waals surface area contributed by atoms with Gasteiger partial charge in [-0.15, -0.1) is 6.42 Å². The lowest BCUT2D eigenvalue weighted by atomic mass is 10.2. The zero-order valence-electron chi connectivity index (χ0n) is 9.88. The molecule has 0 aromatic heterocycles. The van der Waals surface area contributed by atoms with Gasteiger partial charge in [-0.05, 0) is 26.0 Å². The van der Waals surface area contributed by atoms with E-state index in [4.69, 9.17) is 6.42 Å². The van der Waals surface area contributed by atoms with Gasteiger partial charge in [0.05, 0.1) is 4.92 Å². The van der Waals surface area contributed by atoms with Crippen molar-refractivity contribution in [1.82, 2.24) is 0 Å². The quantitative estimate of drug-likeness (QED) is 0.454. The number of rotatable bonds is 4. The number of anilines is 1. The van der Waals surface area contributed by atoms with Crippen LogP contribution in [0.15, 0.2) is 36.0 Å². The van der Waals surface area contributed by atoms with Gasteiger partial charge in [0, 0.05) is 36.1 Å². The molecule has 4 nitrogen and oxygen atoms in total. The Bertz CT molecular complexity index is 469. The number of nitrogens with zero attached hydrogens (tertiary/aromatic N) is 2. The number of nitro benzene ring substituents is 1. The van der Waals surface area contributed by atoms with Crippen molar-refractivity contribution in [3.8, 4) is 12.3 Å². The molecule has 0 N–H and O–H groups in total. The molecule has 0 aliphatic carbocycles. The van der Waals surface area contributed by atoms with Crippen LogP contribution in [0.4, 0.5) is 11.4 Å². The van der Waals surface area contributed by atoms with Crippen LogP contribution in [0.5, 0.6) is 0 Å². The first-order chi connectivity index (χ1) is 8.10. The first kappa shape index (κ1) is 12.8. The lowest BCUT2D eigenvalue weighted by Gasteiger charge is -2.23. The van der Waals surface area contributed by atoms with Crippen molar-refractivity contribution in [3.05, 3.63) is 46.2 Å². The molecule has 1 rings (SSSR count). The van der Waals surface area contributed by atoms with E-state index in [-0.39, 0.29) is 5.69 Å². The standard InChI is InChI=1S/C13H14N2O2/c1-4-6-11(3)14(5-2)12-7-9-13(10-8-12)15(16)17/h1,6-10H,5H2,2-3H3/b11-6-. The number of benzene rings is 1. The van der Waals surface area contributed by atoms with Gasteiger partial charge in [-0.25, -0.2) is 0 Å². The van der Waals surface area contributed by atoms with Gasteiger partial charge in [0.1, 0.15) is 0 Å². The van der Waals surface area contributed by atoms with E-state index in [1.807, 2.05) is 18.7 Å². The summed E-state index contributed by atoms with van der Waals surface area (Å²) >= 11 is 0. The molecule has 0 radical (unpaired) electrons. The Morgan fingerprint density at radius 1 is 1.53 bits per heavy atom. The van der Waals surface area contributed by atoms with Gasteiger partial charge < -0.3 is 4.90 Å². The number of terminal acetylenes is 1. The number of hydrogen-bond acceptors (Lipinski definition) is 3. The van der Waals surface area contributed by atoms with E-state index >= 15 is 0 Å². The second-order valence-corrected chi connectivity index (χ2v) is 3.47. The van der Waals surface area contributed by atoms with Gasteiger partial charge >= 0.3 is 0 Å². The second-order valence-electron chi connectivity index (χ2n) is 3.47. The highest BCUT2D eigenvalue weighted by Gasteiger charge is 2.09. The zero-order valence-corrected chi connectivity index (χ0v) is 9.88. The van der Waals surface area contributed by atoms with Crippen LogP contribution in [0.25, 0.3) is 0 Å². The highest BCUT2D eigenvalue weighted by molar-refractivity contribution is 5.55. The summed E-state index contributed by atoms with van der Waals surface area (Å²) in [7, 11) is 0. The third-order valence-electron chi connectivity index (χ3n) is 2.41. The minimum absolute atomic E-state index is 0.0865. The highest BCUT2D eigenvalue weighted by atomic mass is 16.6. The van der Waals surface area contributed by atoms with Gasteiger partial charge in [-0.3, -0.25) is 10.1 Å². The molecule has 0 bridgehead atoms. The number of allylic oxidation sites excluding steroid dienone is 2. The molecule has 0 saturated carbocycles. The Balaban J connectivity index is 3.02. The number of non-ortho nitro benzene ring substituents is 1.